The van der Waals surface area contributed by atoms with Gasteiger partial charge in [-0.25, -0.2) is 0 Å². The molecule has 0 fully saturated rings. The molecule has 0 aliphatic heterocycles. The van der Waals surface area contributed by atoms with Crippen LogP contribution in [0.2, 0.25) is 0 Å². The fourth-order valence-corrected chi connectivity index (χ4v) is 29.3. The Morgan fingerprint density at radius 2 is 1.32 bits per heavy atom. The number of benzene rings is 2. The summed E-state index contributed by atoms with van der Waals surface area (Å²) in [5.41, 5.74) is 5.44. The van der Waals surface area contributed by atoms with Crippen molar-refractivity contribution in [3.8, 4) is 0 Å². The molecule has 0 bridgehead atoms. The van der Waals surface area contributed by atoms with E-state index in [4.69, 9.17) is 17.2 Å². The van der Waals surface area contributed by atoms with Crippen molar-refractivity contribution in [1.29, 1.82) is 0 Å². The Morgan fingerprint density at radius 1 is 0.735 bits per heavy atom. The molecule has 2 aromatic rings. The third kappa shape index (κ3) is 6.02. The summed E-state index contributed by atoms with van der Waals surface area (Å²) in [4.78, 5) is 0. The van der Waals surface area contributed by atoms with Gasteiger partial charge in [0.1, 0.15) is 0 Å². The average Bonchev–Trinajstić information content (AvgIpc) is 3.46. The van der Waals surface area contributed by atoms with Crippen LogP contribution in [0.15, 0.2) is 59.9 Å². The van der Waals surface area contributed by atoms with Gasteiger partial charge in [-0.3, -0.25) is 0 Å². The van der Waals surface area contributed by atoms with Crippen LogP contribution in [0.5, 0.6) is 0 Å². The molecule has 4 rings (SSSR count). The first-order chi connectivity index (χ1) is 16.6. The van der Waals surface area contributed by atoms with Crippen molar-refractivity contribution < 1.29 is 17.6 Å². The molecule has 34 heavy (non-hydrogen) atoms. The number of hydrogen-bond donors (Lipinski definition) is 0. The van der Waals surface area contributed by atoms with Crippen molar-refractivity contribution in [3.63, 3.8) is 0 Å². The maximum absolute atomic E-state index is 7.72. The van der Waals surface area contributed by atoms with E-state index in [1.807, 2.05) is 0 Å². The molecule has 182 valence electrons. The molecule has 0 heterocycles. The molecule has 2 aromatic carbocycles. The van der Waals surface area contributed by atoms with E-state index in [1.165, 1.54) is 85.9 Å². The predicted octanol–water partition coefficient (Wildman–Crippen LogP) is 11.0. The summed E-state index contributed by atoms with van der Waals surface area (Å²) in [6.45, 7) is 4.61. The summed E-state index contributed by atoms with van der Waals surface area (Å²) in [7, 11) is 15.2. The third-order valence-corrected chi connectivity index (χ3v) is 28.3. The Morgan fingerprint density at radius 3 is 1.97 bits per heavy atom. The number of unbranched alkanes of at least 4 members (excludes halogenated alkanes) is 6. The summed E-state index contributed by atoms with van der Waals surface area (Å²) < 4.78 is 0.500. The first kappa shape index (κ1) is 26.9. The van der Waals surface area contributed by atoms with E-state index in [1.54, 1.807) is 5.31 Å². The number of rotatable bonds is 13. The molecule has 0 nitrogen and oxygen atoms in total. The monoisotopic (exact) mass is 680 g/mol. The Hall–Kier alpha value is -0.200. The van der Waals surface area contributed by atoms with Gasteiger partial charge in [0.15, 0.2) is 0 Å². The zero-order chi connectivity index (χ0) is 24.0. The second-order valence-electron chi connectivity index (χ2n) is 9.88. The molecule has 2 unspecified atom stereocenters. The molecular formula is C30H39Cl2HfP. The molecular weight excluding hydrogens is 641 g/mol. The Kier molecular flexibility index (Phi) is 10.2. The summed E-state index contributed by atoms with van der Waals surface area (Å²) in [6.07, 6.45) is 20.5. The van der Waals surface area contributed by atoms with Gasteiger partial charge in [-0.05, 0) is 0 Å². The van der Waals surface area contributed by atoms with Gasteiger partial charge in [0.2, 0.25) is 0 Å². The number of allylic oxidation sites excluding steroid dienone is 2. The minimum atomic E-state index is -3.89. The zero-order valence-electron chi connectivity index (χ0n) is 20.8. The van der Waals surface area contributed by atoms with Crippen LogP contribution in [0.25, 0.3) is 12.2 Å². The zero-order valence-corrected chi connectivity index (χ0v) is 26.8. The van der Waals surface area contributed by atoms with Gasteiger partial charge >= 0.3 is 222 Å². The summed E-state index contributed by atoms with van der Waals surface area (Å²) in [5, 5.41) is 1.63. The maximum atomic E-state index is 7.72. The van der Waals surface area contributed by atoms with Gasteiger partial charge < -0.3 is 0 Å². The van der Waals surface area contributed by atoms with Crippen LogP contribution in [0, 0.1) is 0 Å². The Labute approximate surface area is 220 Å². The van der Waals surface area contributed by atoms with Crippen LogP contribution in [-0.4, -0.2) is 12.3 Å². The predicted molar refractivity (Wildman–Crippen MR) is 152 cm³/mol. The molecule has 0 N–H and O–H groups in total. The van der Waals surface area contributed by atoms with E-state index < -0.39 is 17.6 Å². The summed E-state index contributed by atoms with van der Waals surface area (Å²) in [6, 6.07) is 17.7. The quantitative estimate of drug-likeness (QED) is 0.112. The molecule has 0 amide bonds. The van der Waals surface area contributed by atoms with Crippen molar-refractivity contribution in [3.05, 3.63) is 82.2 Å². The first-order valence-electron chi connectivity index (χ1n) is 13.3. The molecule has 0 saturated heterocycles. The molecule has 0 aromatic heterocycles. The van der Waals surface area contributed by atoms with E-state index in [9.17, 15) is 0 Å². The molecule has 0 saturated carbocycles. The van der Waals surface area contributed by atoms with Crippen molar-refractivity contribution in [2.24, 2.45) is 0 Å². The van der Waals surface area contributed by atoms with E-state index in [0.29, 0.717) is 0 Å². The van der Waals surface area contributed by atoms with Crippen LogP contribution >= 0.6 is 25.1 Å². The van der Waals surface area contributed by atoms with Gasteiger partial charge in [0.25, 0.3) is 0 Å². The van der Waals surface area contributed by atoms with Crippen LogP contribution in [0.3, 0.4) is 0 Å². The molecule has 2 aliphatic rings. The van der Waals surface area contributed by atoms with Crippen molar-refractivity contribution in [2.75, 3.05) is 12.3 Å². The second-order valence-corrected chi connectivity index (χ2v) is 33.3. The molecule has 0 radical (unpaired) electrons. The Balaban J connectivity index is 1.65. The summed E-state index contributed by atoms with van der Waals surface area (Å²) >= 11 is -3.89. The van der Waals surface area contributed by atoms with E-state index >= 15 is 0 Å². The molecule has 0 spiro atoms. The van der Waals surface area contributed by atoms with E-state index in [0.717, 1.165) is 0 Å². The summed E-state index contributed by atoms with van der Waals surface area (Å²) in [5.74, 6) is 0. The number of hydrogen-bond acceptors (Lipinski definition) is 0. The van der Waals surface area contributed by atoms with Gasteiger partial charge in [-0.15, -0.1) is 0 Å². The van der Waals surface area contributed by atoms with Crippen LogP contribution < -0.4 is 0 Å². The van der Waals surface area contributed by atoms with Gasteiger partial charge in [-0.2, -0.15) is 0 Å². The van der Waals surface area contributed by atoms with Gasteiger partial charge in [0, 0.05) is 0 Å². The van der Waals surface area contributed by atoms with Crippen LogP contribution in [-0.2, 0) is 17.6 Å². The number of fused-ring (bicyclic) bond motifs is 2. The average molecular weight is 680 g/mol. The van der Waals surface area contributed by atoms with Crippen molar-refractivity contribution in [1.82, 2.24) is 0 Å². The van der Waals surface area contributed by atoms with Gasteiger partial charge in [0.05, 0.1) is 0 Å². The number of halogens is 2. The van der Waals surface area contributed by atoms with Crippen molar-refractivity contribution >= 4 is 37.2 Å². The molecule has 4 heteroatoms. The standard InChI is InChI=1S/C21H32P.C9H7.2ClH.Hf/c1-3-5-7-11-15-22(16-12-8-6-4-2)21-17-19-13-9-10-14-20(19)18-21;1-2-5-9-7-3-6-8(9)4-1;;;/h9-10,13-14,17-18H,3-8,11-12,15-16H2,1-2H3;1-7H;2*1H;/q;;;;+2/p-2. The van der Waals surface area contributed by atoms with E-state index in [2.05, 4.69) is 80.6 Å². The molecule has 2 aliphatic carbocycles. The fourth-order valence-electron chi connectivity index (χ4n) is 5.58. The third-order valence-electron chi connectivity index (χ3n) is 7.43. The normalized spacial score (nSPS) is 18.9. The topological polar surface area (TPSA) is 0 Å². The SMILES string of the molecule is CCCCCCP(CCCCCC)C1=Cc2ccccc2[CH]1[Hf]([Cl])([Cl])[CH]1C=Cc2ccccc21. The second kappa shape index (κ2) is 12.9. The first-order valence-corrected chi connectivity index (χ1v) is 28.0. The minimum absolute atomic E-state index is 0.203. The van der Waals surface area contributed by atoms with Gasteiger partial charge in [-0.1, -0.05) is 0 Å². The van der Waals surface area contributed by atoms with Crippen LogP contribution in [0.1, 0.15) is 94.8 Å². The van der Waals surface area contributed by atoms with Crippen LogP contribution in [0.4, 0.5) is 0 Å². The fraction of sp³-hybridized carbons (Fsp3) is 0.467. The van der Waals surface area contributed by atoms with Crippen molar-refractivity contribution in [2.45, 2.75) is 72.6 Å². The van der Waals surface area contributed by atoms with E-state index in [-0.39, 0.29) is 15.3 Å². The Bertz CT molecular complexity index is 1000. The molecule has 2 atom stereocenters.